The SMILES string of the molecule is Cc1cn2nc(C(=O)O)cc2c(N(C)Cc2ccn[nH]2)n1. The number of carboxylic acid groups (broad SMARTS) is 1. The molecule has 0 spiro atoms. The Balaban J connectivity index is 2.05. The van der Waals surface area contributed by atoms with Gasteiger partial charge in [0.25, 0.3) is 0 Å². The fourth-order valence-corrected chi connectivity index (χ4v) is 2.18. The molecule has 0 fully saturated rings. The predicted octanol–water partition coefficient (Wildman–Crippen LogP) is 1.10. The molecule has 0 aliphatic rings. The molecule has 0 aliphatic carbocycles. The van der Waals surface area contributed by atoms with E-state index in [4.69, 9.17) is 5.11 Å². The molecule has 0 atom stereocenters. The standard InChI is InChI=1S/C13H14N6O2/c1-8-6-19-11(5-10(17-19)13(20)21)12(15-8)18(2)7-9-3-4-14-16-9/h3-6H,7H2,1-2H3,(H,14,16)(H,20,21). The van der Waals surface area contributed by atoms with Crippen LogP contribution in [0.5, 0.6) is 0 Å². The Labute approximate surface area is 120 Å². The van der Waals surface area contributed by atoms with Crippen molar-refractivity contribution in [3.63, 3.8) is 0 Å². The van der Waals surface area contributed by atoms with Crippen molar-refractivity contribution in [1.29, 1.82) is 0 Å². The highest BCUT2D eigenvalue weighted by Gasteiger charge is 2.16. The second-order valence-electron chi connectivity index (χ2n) is 4.81. The van der Waals surface area contributed by atoms with Crippen LogP contribution in [0.3, 0.4) is 0 Å². The predicted molar refractivity (Wildman–Crippen MR) is 75.4 cm³/mol. The van der Waals surface area contributed by atoms with E-state index >= 15 is 0 Å². The fourth-order valence-electron chi connectivity index (χ4n) is 2.18. The van der Waals surface area contributed by atoms with Gasteiger partial charge in [0, 0.05) is 19.3 Å². The topological polar surface area (TPSA) is 99.4 Å². The minimum atomic E-state index is -1.06. The lowest BCUT2D eigenvalue weighted by Gasteiger charge is -2.18. The van der Waals surface area contributed by atoms with Crippen molar-refractivity contribution >= 4 is 17.3 Å². The summed E-state index contributed by atoms with van der Waals surface area (Å²) in [5.41, 5.74) is 2.35. The van der Waals surface area contributed by atoms with Crippen molar-refractivity contribution in [2.75, 3.05) is 11.9 Å². The lowest BCUT2D eigenvalue weighted by molar-refractivity contribution is 0.0690. The number of carbonyl (C=O) groups is 1. The van der Waals surface area contributed by atoms with Crippen LogP contribution >= 0.6 is 0 Å². The van der Waals surface area contributed by atoms with Crippen LogP contribution < -0.4 is 4.90 Å². The molecule has 21 heavy (non-hydrogen) atoms. The zero-order chi connectivity index (χ0) is 15.0. The van der Waals surface area contributed by atoms with Crippen LogP contribution in [0.25, 0.3) is 5.52 Å². The molecule has 3 heterocycles. The first-order chi connectivity index (χ1) is 10.0. The maximum atomic E-state index is 11.1. The van der Waals surface area contributed by atoms with E-state index in [1.807, 2.05) is 24.9 Å². The average Bonchev–Trinajstić information content (AvgIpc) is 3.06. The second kappa shape index (κ2) is 4.89. The molecule has 0 saturated heterocycles. The van der Waals surface area contributed by atoms with Crippen LogP contribution in [0.4, 0.5) is 5.82 Å². The van der Waals surface area contributed by atoms with E-state index in [1.165, 1.54) is 6.07 Å². The summed E-state index contributed by atoms with van der Waals surface area (Å²) in [4.78, 5) is 17.5. The third-order valence-electron chi connectivity index (χ3n) is 3.10. The molecular formula is C13H14N6O2. The number of aromatic carboxylic acids is 1. The van der Waals surface area contributed by atoms with Gasteiger partial charge < -0.3 is 10.0 Å². The van der Waals surface area contributed by atoms with Crippen LogP contribution in [-0.4, -0.2) is 42.9 Å². The Kier molecular flexibility index (Phi) is 3.05. The molecule has 8 nitrogen and oxygen atoms in total. The number of nitrogens with zero attached hydrogens (tertiary/aromatic N) is 5. The summed E-state index contributed by atoms with van der Waals surface area (Å²) < 4.78 is 1.55. The molecule has 0 aromatic carbocycles. The van der Waals surface area contributed by atoms with Crippen LogP contribution in [0.1, 0.15) is 21.9 Å². The molecule has 0 bridgehead atoms. The third kappa shape index (κ3) is 2.42. The summed E-state index contributed by atoms with van der Waals surface area (Å²) in [6.07, 6.45) is 3.39. The first-order valence-electron chi connectivity index (χ1n) is 6.34. The Morgan fingerprint density at radius 3 is 3.00 bits per heavy atom. The first kappa shape index (κ1) is 13.1. The van der Waals surface area contributed by atoms with E-state index in [-0.39, 0.29) is 5.69 Å². The molecule has 3 aromatic heterocycles. The van der Waals surface area contributed by atoms with Crippen molar-refractivity contribution in [2.45, 2.75) is 13.5 Å². The fraction of sp³-hybridized carbons (Fsp3) is 0.231. The number of aromatic amines is 1. The molecule has 0 radical (unpaired) electrons. The van der Waals surface area contributed by atoms with E-state index in [2.05, 4.69) is 20.3 Å². The van der Waals surface area contributed by atoms with Gasteiger partial charge in [0.05, 0.1) is 24.1 Å². The average molecular weight is 286 g/mol. The van der Waals surface area contributed by atoms with Gasteiger partial charge in [0.2, 0.25) is 0 Å². The quantitative estimate of drug-likeness (QED) is 0.745. The molecule has 2 N–H and O–H groups in total. The summed E-state index contributed by atoms with van der Waals surface area (Å²) >= 11 is 0. The number of hydrogen-bond acceptors (Lipinski definition) is 5. The van der Waals surface area contributed by atoms with Gasteiger partial charge in [-0.3, -0.25) is 5.10 Å². The normalized spacial score (nSPS) is 11.0. The van der Waals surface area contributed by atoms with Gasteiger partial charge in [0.15, 0.2) is 11.5 Å². The minimum absolute atomic E-state index is 0.00131. The highest BCUT2D eigenvalue weighted by atomic mass is 16.4. The van der Waals surface area contributed by atoms with E-state index in [0.29, 0.717) is 17.9 Å². The lowest BCUT2D eigenvalue weighted by Crippen LogP contribution is -2.19. The Bertz CT molecular complexity index is 792. The highest BCUT2D eigenvalue weighted by molar-refractivity contribution is 5.88. The van der Waals surface area contributed by atoms with Crippen molar-refractivity contribution in [3.05, 3.63) is 41.6 Å². The molecule has 0 unspecified atom stereocenters. The van der Waals surface area contributed by atoms with Crippen molar-refractivity contribution in [2.24, 2.45) is 0 Å². The van der Waals surface area contributed by atoms with E-state index < -0.39 is 5.97 Å². The van der Waals surface area contributed by atoms with E-state index in [0.717, 1.165) is 11.4 Å². The number of aryl methyl sites for hydroxylation is 1. The van der Waals surface area contributed by atoms with Crippen LogP contribution in [0.15, 0.2) is 24.5 Å². The Morgan fingerprint density at radius 1 is 1.52 bits per heavy atom. The number of hydrogen-bond donors (Lipinski definition) is 2. The molecule has 0 aliphatic heterocycles. The summed E-state index contributed by atoms with van der Waals surface area (Å²) in [6.45, 7) is 2.43. The molecule has 108 valence electrons. The molecule has 0 saturated carbocycles. The number of rotatable bonds is 4. The lowest BCUT2D eigenvalue weighted by atomic mass is 10.3. The van der Waals surface area contributed by atoms with Crippen LogP contribution in [0, 0.1) is 6.92 Å². The van der Waals surface area contributed by atoms with Gasteiger partial charge >= 0.3 is 5.97 Å². The zero-order valence-electron chi connectivity index (χ0n) is 11.6. The molecule has 8 heteroatoms. The first-order valence-corrected chi connectivity index (χ1v) is 6.34. The highest BCUT2D eigenvalue weighted by Crippen LogP contribution is 2.21. The van der Waals surface area contributed by atoms with Gasteiger partial charge in [-0.25, -0.2) is 14.3 Å². The summed E-state index contributed by atoms with van der Waals surface area (Å²) in [7, 11) is 1.88. The van der Waals surface area contributed by atoms with Crippen molar-refractivity contribution in [3.8, 4) is 0 Å². The van der Waals surface area contributed by atoms with Gasteiger partial charge in [-0.1, -0.05) is 0 Å². The minimum Gasteiger partial charge on any atom is -0.476 e. The van der Waals surface area contributed by atoms with Gasteiger partial charge in [-0.05, 0) is 13.0 Å². The Morgan fingerprint density at radius 2 is 2.33 bits per heavy atom. The maximum Gasteiger partial charge on any atom is 0.356 e. The van der Waals surface area contributed by atoms with E-state index in [9.17, 15) is 4.79 Å². The molecule has 3 aromatic rings. The monoisotopic (exact) mass is 286 g/mol. The Hall–Kier alpha value is -2.90. The van der Waals surface area contributed by atoms with Gasteiger partial charge in [-0.2, -0.15) is 10.2 Å². The number of nitrogens with one attached hydrogen (secondary N) is 1. The molecular weight excluding hydrogens is 272 g/mol. The molecule has 0 amide bonds. The van der Waals surface area contributed by atoms with Crippen molar-refractivity contribution < 1.29 is 9.90 Å². The largest absolute Gasteiger partial charge is 0.476 e. The summed E-state index contributed by atoms with van der Waals surface area (Å²) in [5, 5.41) is 19.9. The zero-order valence-corrected chi connectivity index (χ0v) is 11.6. The van der Waals surface area contributed by atoms with Gasteiger partial charge in [0.1, 0.15) is 5.52 Å². The summed E-state index contributed by atoms with van der Waals surface area (Å²) in [6, 6.07) is 3.40. The van der Waals surface area contributed by atoms with E-state index in [1.54, 1.807) is 16.9 Å². The van der Waals surface area contributed by atoms with Crippen LogP contribution in [-0.2, 0) is 6.54 Å². The van der Waals surface area contributed by atoms with Gasteiger partial charge in [-0.15, -0.1) is 0 Å². The van der Waals surface area contributed by atoms with Crippen molar-refractivity contribution in [1.82, 2.24) is 24.8 Å². The summed E-state index contributed by atoms with van der Waals surface area (Å²) in [5.74, 6) is -0.386. The number of fused-ring (bicyclic) bond motifs is 1. The van der Waals surface area contributed by atoms with Crippen LogP contribution in [0.2, 0.25) is 0 Å². The maximum absolute atomic E-state index is 11.1. The molecule has 3 rings (SSSR count). The number of H-pyrrole nitrogens is 1. The number of aromatic nitrogens is 5. The second-order valence-corrected chi connectivity index (χ2v) is 4.81. The number of carboxylic acids is 1. The number of anilines is 1. The smallest absolute Gasteiger partial charge is 0.356 e. The third-order valence-corrected chi connectivity index (χ3v) is 3.10.